The van der Waals surface area contributed by atoms with E-state index >= 15 is 0 Å². The summed E-state index contributed by atoms with van der Waals surface area (Å²) in [7, 11) is 0. The Morgan fingerprint density at radius 3 is 2.47 bits per heavy atom. The lowest BCUT2D eigenvalue weighted by Crippen LogP contribution is -2.32. The monoisotopic (exact) mass is 232 g/mol. The molecule has 0 aliphatic heterocycles. The zero-order chi connectivity index (χ0) is 12.5. The largest absolute Gasteiger partial charge is 0.324 e. The van der Waals surface area contributed by atoms with Crippen molar-refractivity contribution < 1.29 is 0 Å². The number of nitrogens with one attached hydrogen (secondary N) is 1. The van der Waals surface area contributed by atoms with E-state index in [4.69, 9.17) is 5.73 Å². The molecule has 1 aliphatic carbocycles. The zero-order valence-electron chi connectivity index (χ0n) is 11.1. The van der Waals surface area contributed by atoms with Gasteiger partial charge in [0.25, 0.3) is 0 Å². The lowest BCUT2D eigenvalue weighted by molar-refractivity contribution is 0.416. The highest BCUT2D eigenvalue weighted by atomic mass is 15.0. The fraction of sp³-hybridized carbons (Fsp3) is 0.600. The second-order valence-corrected chi connectivity index (χ2v) is 6.07. The van der Waals surface area contributed by atoms with E-state index in [1.807, 2.05) is 6.07 Å². The summed E-state index contributed by atoms with van der Waals surface area (Å²) in [6.45, 7) is 7.85. The highest BCUT2D eigenvalue weighted by molar-refractivity contribution is 5.19. The molecule has 1 aliphatic rings. The van der Waals surface area contributed by atoms with Crippen LogP contribution in [-0.2, 0) is 0 Å². The van der Waals surface area contributed by atoms with E-state index in [1.54, 1.807) is 0 Å². The highest BCUT2D eigenvalue weighted by Gasteiger charge is 2.45. The average molecular weight is 232 g/mol. The molecule has 0 radical (unpaired) electrons. The van der Waals surface area contributed by atoms with Crippen molar-refractivity contribution in [1.82, 2.24) is 5.32 Å². The van der Waals surface area contributed by atoms with Crippen LogP contribution in [0.1, 0.15) is 38.8 Å². The molecule has 3 atom stereocenters. The predicted molar refractivity (Wildman–Crippen MR) is 72.7 cm³/mol. The molecule has 2 heteroatoms. The standard InChI is InChI=1S/C15H24N2/c1-11(10-17-13-9-15(13,2)3)14(16)12-7-5-4-6-8-12/h4-8,11,13-14,17H,9-10,16H2,1-3H3. The SMILES string of the molecule is CC(CNC1CC1(C)C)C(N)c1ccccc1. The Morgan fingerprint density at radius 1 is 1.35 bits per heavy atom. The fourth-order valence-corrected chi connectivity index (χ4v) is 2.27. The van der Waals surface area contributed by atoms with E-state index in [9.17, 15) is 0 Å². The van der Waals surface area contributed by atoms with E-state index in [0.717, 1.165) is 6.54 Å². The van der Waals surface area contributed by atoms with Crippen molar-refractivity contribution in [2.75, 3.05) is 6.54 Å². The summed E-state index contributed by atoms with van der Waals surface area (Å²) in [5.41, 5.74) is 8.00. The first-order valence-electron chi connectivity index (χ1n) is 6.54. The third-order valence-electron chi connectivity index (χ3n) is 4.00. The average Bonchev–Trinajstić information content (AvgIpc) is 2.94. The van der Waals surface area contributed by atoms with Gasteiger partial charge in [0.2, 0.25) is 0 Å². The van der Waals surface area contributed by atoms with Gasteiger partial charge in [0.15, 0.2) is 0 Å². The molecular formula is C15H24N2. The van der Waals surface area contributed by atoms with Crippen LogP contribution in [0.25, 0.3) is 0 Å². The second kappa shape index (κ2) is 4.79. The van der Waals surface area contributed by atoms with E-state index in [-0.39, 0.29) is 6.04 Å². The third-order valence-corrected chi connectivity index (χ3v) is 4.00. The second-order valence-electron chi connectivity index (χ2n) is 6.07. The Kier molecular flexibility index (Phi) is 3.55. The summed E-state index contributed by atoms with van der Waals surface area (Å²) < 4.78 is 0. The molecule has 0 aromatic heterocycles. The number of nitrogens with two attached hydrogens (primary N) is 1. The molecule has 1 aromatic rings. The summed E-state index contributed by atoms with van der Waals surface area (Å²) in [5, 5.41) is 3.62. The molecule has 2 rings (SSSR count). The van der Waals surface area contributed by atoms with E-state index in [1.165, 1.54) is 12.0 Å². The van der Waals surface area contributed by atoms with Crippen molar-refractivity contribution in [3.05, 3.63) is 35.9 Å². The van der Waals surface area contributed by atoms with Gasteiger partial charge in [-0.15, -0.1) is 0 Å². The van der Waals surface area contributed by atoms with Gasteiger partial charge in [-0.05, 0) is 29.9 Å². The van der Waals surface area contributed by atoms with Crippen LogP contribution in [0.3, 0.4) is 0 Å². The fourth-order valence-electron chi connectivity index (χ4n) is 2.27. The molecule has 2 nitrogen and oxygen atoms in total. The first-order chi connectivity index (χ1) is 8.00. The van der Waals surface area contributed by atoms with E-state index < -0.39 is 0 Å². The smallest absolute Gasteiger partial charge is 0.0333 e. The van der Waals surface area contributed by atoms with Crippen molar-refractivity contribution in [2.45, 2.75) is 39.3 Å². The maximum Gasteiger partial charge on any atom is 0.0333 e. The quantitative estimate of drug-likeness (QED) is 0.819. The van der Waals surface area contributed by atoms with Crippen LogP contribution in [0.5, 0.6) is 0 Å². The van der Waals surface area contributed by atoms with Crippen LogP contribution < -0.4 is 11.1 Å². The molecule has 0 heterocycles. The van der Waals surface area contributed by atoms with Gasteiger partial charge in [-0.2, -0.15) is 0 Å². The lowest BCUT2D eigenvalue weighted by atomic mass is 9.95. The van der Waals surface area contributed by atoms with Crippen molar-refractivity contribution in [1.29, 1.82) is 0 Å². The number of hydrogen-bond acceptors (Lipinski definition) is 2. The molecule has 17 heavy (non-hydrogen) atoms. The minimum atomic E-state index is 0.130. The molecule has 1 aromatic carbocycles. The summed E-state index contributed by atoms with van der Waals surface area (Å²) in [5.74, 6) is 0.466. The summed E-state index contributed by atoms with van der Waals surface area (Å²) in [6, 6.07) is 11.2. The molecule has 0 bridgehead atoms. The first-order valence-corrected chi connectivity index (χ1v) is 6.54. The van der Waals surface area contributed by atoms with Gasteiger partial charge in [-0.1, -0.05) is 51.1 Å². The van der Waals surface area contributed by atoms with Crippen LogP contribution in [-0.4, -0.2) is 12.6 Å². The van der Waals surface area contributed by atoms with Crippen LogP contribution in [0, 0.1) is 11.3 Å². The van der Waals surface area contributed by atoms with Crippen LogP contribution in [0.4, 0.5) is 0 Å². The molecule has 0 amide bonds. The Morgan fingerprint density at radius 2 is 1.94 bits per heavy atom. The number of rotatable bonds is 5. The van der Waals surface area contributed by atoms with Gasteiger partial charge in [-0.3, -0.25) is 0 Å². The molecule has 3 unspecified atom stereocenters. The molecular weight excluding hydrogens is 208 g/mol. The minimum absolute atomic E-state index is 0.130. The van der Waals surface area contributed by atoms with Crippen molar-refractivity contribution in [2.24, 2.45) is 17.1 Å². The van der Waals surface area contributed by atoms with Gasteiger partial charge in [0.05, 0.1) is 0 Å². The lowest BCUT2D eigenvalue weighted by Gasteiger charge is -2.21. The Hall–Kier alpha value is -0.860. The van der Waals surface area contributed by atoms with Gasteiger partial charge in [-0.25, -0.2) is 0 Å². The highest BCUT2D eigenvalue weighted by Crippen LogP contribution is 2.44. The molecule has 0 spiro atoms. The summed E-state index contributed by atoms with van der Waals surface area (Å²) in [4.78, 5) is 0. The van der Waals surface area contributed by atoms with Crippen LogP contribution in [0.15, 0.2) is 30.3 Å². The van der Waals surface area contributed by atoms with Crippen LogP contribution >= 0.6 is 0 Å². The maximum atomic E-state index is 6.27. The van der Waals surface area contributed by atoms with Gasteiger partial charge < -0.3 is 11.1 Å². The van der Waals surface area contributed by atoms with Gasteiger partial charge >= 0.3 is 0 Å². The number of hydrogen-bond donors (Lipinski definition) is 2. The number of benzene rings is 1. The van der Waals surface area contributed by atoms with E-state index in [0.29, 0.717) is 17.4 Å². The van der Waals surface area contributed by atoms with Crippen LogP contribution in [0.2, 0.25) is 0 Å². The topological polar surface area (TPSA) is 38.0 Å². The third kappa shape index (κ3) is 3.08. The van der Waals surface area contributed by atoms with Crippen molar-refractivity contribution in [3.8, 4) is 0 Å². The molecule has 94 valence electrons. The Balaban J connectivity index is 1.82. The van der Waals surface area contributed by atoms with Gasteiger partial charge in [0, 0.05) is 12.1 Å². The zero-order valence-corrected chi connectivity index (χ0v) is 11.1. The predicted octanol–water partition coefficient (Wildman–Crippen LogP) is 2.71. The maximum absolute atomic E-state index is 6.27. The Labute approximate surface area is 105 Å². The van der Waals surface area contributed by atoms with Crippen molar-refractivity contribution >= 4 is 0 Å². The molecule has 1 saturated carbocycles. The molecule has 1 fully saturated rings. The van der Waals surface area contributed by atoms with E-state index in [2.05, 4.69) is 50.4 Å². The normalized spacial score (nSPS) is 25.3. The van der Waals surface area contributed by atoms with Gasteiger partial charge in [0.1, 0.15) is 0 Å². The first kappa shape index (κ1) is 12.6. The van der Waals surface area contributed by atoms with Crippen molar-refractivity contribution in [3.63, 3.8) is 0 Å². The molecule has 0 saturated heterocycles. The summed E-state index contributed by atoms with van der Waals surface area (Å²) >= 11 is 0. The minimum Gasteiger partial charge on any atom is -0.324 e. The Bertz CT molecular complexity index is 358. The summed E-state index contributed by atoms with van der Waals surface area (Å²) in [6.07, 6.45) is 1.29. The molecule has 3 N–H and O–H groups in total.